The van der Waals surface area contributed by atoms with Crippen molar-refractivity contribution in [3.8, 4) is 17.1 Å². The second-order valence-electron chi connectivity index (χ2n) is 8.93. The molecule has 0 fully saturated rings. The average Bonchev–Trinajstić information content (AvgIpc) is 2.81. The molecule has 1 aliphatic heterocycles. The van der Waals surface area contributed by atoms with E-state index >= 15 is 0 Å². The first-order valence-corrected chi connectivity index (χ1v) is 12.8. The van der Waals surface area contributed by atoms with Crippen molar-refractivity contribution in [1.29, 1.82) is 0 Å². The van der Waals surface area contributed by atoms with Gasteiger partial charge in [-0.1, -0.05) is 38.1 Å². The first kappa shape index (κ1) is 24.6. The number of hydrogen-bond donors (Lipinski definition) is 3. The largest absolute Gasteiger partial charge is 0.475 e. The third-order valence-corrected chi connectivity index (χ3v) is 6.97. The average molecular weight is 497 g/mol. The molecule has 1 atom stereocenters. The molecule has 0 saturated heterocycles. The highest BCUT2D eigenvalue weighted by atomic mass is 32.2. The topological polar surface area (TPSA) is 131 Å². The van der Waals surface area contributed by atoms with E-state index in [2.05, 4.69) is 20.0 Å². The predicted octanol–water partition coefficient (Wildman–Crippen LogP) is 3.28. The molecule has 2 heterocycles. The van der Waals surface area contributed by atoms with Gasteiger partial charge >= 0.3 is 0 Å². The van der Waals surface area contributed by atoms with Gasteiger partial charge in [-0.3, -0.25) is 4.79 Å². The van der Waals surface area contributed by atoms with Gasteiger partial charge in [0.2, 0.25) is 11.8 Å². The maximum atomic E-state index is 13.1. The minimum absolute atomic E-state index is 0.0896. The zero-order valence-electron chi connectivity index (χ0n) is 19.8. The van der Waals surface area contributed by atoms with Crippen molar-refractivity contribution in [3.05, 3.63) is 65.2 Å². The van der Waals surface area contributed by atoms with Crippen LogP contribution >= 0.6 is 0 Å². The Kier molecular flexibility index (Phi) is 7.04. The summed E-state index contributed by atoms with van der Waals surface area (Å²) in [5, 5.41) is 12.8. The zero-order chi connectivity index (χ0) is 25.2. The van der Waals surface area contributed by atoms with E-state index < -0.39 is 10.0 Å². The maximum Gasteiger partial charge on any atom is 0.264 e. The molecule has 184 valence electrons. The molecule has 0 saturated carbocycles. The van der Waals surface area contributed by atoms with Crippen LogP contribution in [0.15, 0.2) is 53.4 Å². The van der Waals surface area contributed by atoms with E-state index in [0.29, 0.717) is 23.2 Å². The molecule has 2 aromatic carbocycles. The third kappa shape index (κ3) is 5.60. The van der Waals surface area contributed by atoms with E-state index in [4.69, 9.17) is 4.74 Å². The number of ether oxygens (including phenoxy) is 1. The number of aliphatic hydroxyl groups is 1. The Balaban J connectivity index is 1.86. The molecule has 9 nitrogen and oxygen atoms in total. The Morgan fingerprint density at radius 2 is 1.91 bits per heavy atom. The fourth-order valence-corrected chi connectivity index (χ4v) is 5.06. The number of sulfonamides is 1. The Morgan fingerprint density at radius 1 is 1.14 bits per heavy atom. The molecule has 3 aromatic rings. The van der Waals surface area contributed by atoms with Crippen molar-refractivity contribution < 1.29 is 23.1 Å². The lowest BCUT2D eigenvalue weighted by molar-refractivity contribution is 0.0913. The van der Waals surface area contributed by atoms with Gasteiger partial charge in [-0.2, -0.15) is 4.98 Å². The Bertz CT molecular complexity index is 1360. The van der Waals surface area contributed by atoms with Crippen LogP contribution in [0.25, 0.3) is 11.3 Å². The molecular weight excluding hydrogens is 468 g/mol. The van der Waals surface area contributed by atoms with Gasteiger partial charge in [0, 0.05) is 17.2 Å². The molecule has 35 heavy (non-hydrogen) atoms. The van der Waals surface area contributed by atoms with Crippen LogP contribution in [0.2, 0.25) is 0 Å². The third-order valence-electron chi connectivity index (χ3n) is 5.64. The molecule has 0 unspecified atom stereocenters. The molecule has 0 aliphatic carbocycles. The van der Waals surface area contributed by atoms with Gasteiger partial charge in [-0.15, -0.1) is 0 Å². The number of nitrogens with one attached hydrogen (secondary N) is 2. The molecule has 4 bridgehead atoms. The standard InChI is InChI=1S/C25H28N4O5S/c1-15(2)10-19-14-34-22-12-21(23-16(3)6-4-8-18(23)13-30)27-25(28-22)29-35(32,33)20-9-5-7-17(11-20)24(31)26-19/h4-9,11-12,15,19,30H,10,13-14H2,1-3H3,(H,26,31)(H,27,28,29)/t19-/m1/s1. The van der Waals surface area contributed by atoms with Gasteiger partial charge in [-0.05, 0) is 48.6 Å². The number of benzene rings is 2. The molecule has 1 amide bonds. The van der Waals surface area contributed by atoms with Gasteiger partial charge in [0.05, 0.1) is 23.2 Å². The number of hydrogen-bond acceptors (Lipinski definition) is 7. The fourth-order valence-electron chi connectivity index (χ4n) is 4.08. The first-order valence-electron chi connectivity index (χ1n) is 11.3. The number of aliphatic hydroxyl groups excluding tert-OH is 1. The molecular formula is C25H28N4O5S. The van der Waals surface area contributed by atoms with Gasteiger partial charge in [-0.25, -0.2) is 18.1 Å². The lowest BCUT2D eigenvalue weighted by Crippen LogP contribution is -2.40. The van der Waals surface area contributed by atoms with Crippen LogP contribution in [0, 0.1) is 12.8 Å². The van der Waals surface area contributed by atoms with E-state index in [1.54, 1.807) is 18.2 Å². The van der Waals surface area contributed by atoms with Crippen molar-refractivity contribution in [2.45, 2.75) is 44.7 Å². The number of aromatic nitrogens is 2. The van der Waals surface area contributed by atoms with Crippen LogP contribution in [0.3, 0.4) is 0 Å². The van der Waals surface area contributed by atoms with Crippen LogP contribution in [-0.4, -0.2) is 42.0 Å². The molecule has 0 radical (unpaired) electrons. The number of carbonyl (C=O) groups excluding carboxylic acids is 1. The minimum atomic E-state index is -4.10. The molecule has 1 aliphatic rings. The second-order valence-corrected chi connectivity index (χ2v) is 10.6. The van der Waals surface area contributed by atoms with E-state index in [1.165, 1.54) is 18.2 Å². The summed E-state index contributed by atoms with van der Waals surface area (Å²) in [5.41, 5.74) is 2.79. The Labute approximate surface area is 204 Å². The number of nitrogens with zero attached hydrogens (tertiary/aromatic N) is 2. The quantitative estimate of drug-likeness (QED) is 0.505. The van der Waals surface area contributed by atoms with Crippen molar-refractivity contribution in [3.63, 3.8) is 0 Å². The number of rotatable bonds is 4. The fraction of sp³-hybridized carbons (Fsp3) is 0.320. The van der Waals surface area contributed by atoms with Gasteiger partial charge in [0.1, 0.15) is 6.61 Å². The Hall–Kier alpha value is -3.50. The first-order chi connectivity index (χ1) is 16.7. The van der Waals surface area contributed by atoms with Gasteiger partial charge in [0.25, 0.3) is 15.9 Å². The number of carbonyl (C=O) groups is 1. The van der Waals surface area contributed by atoms with Crippen LogP contribution in [-0.2, 0) is 16.6 Å². The van der Waals surface area contributed by atoms with E-state index in [1.807, 2.05) is 32.9 Å². The van der Waals surface area contributed by atoms with Crippen LogP contribution in [0.1, 0.15) is 41.8 Å². The Morgan fingerprint density at radius 3 is 2.66 bits per heavy atom. The van der Waals surface area contributed by atoms with Gasteiger partial charge < -0.3 is 15.2 Å². The second kappa shape index (κ2) is 10.0. The lowest BCUT2D eigenvalue weighted by atomic mass is 9.99. The number of aryl methyl sites for hydroxylation is 1. The number of anilines is 1. The monoisotopic (exact) mass is 496 g/mol. The van der Waals surface area contributed by atoms with Crippen molar-refractivity contribution in [2.75, 3.05) is 11.3 Å². The maximum absolute atomic E-state index is 13.1. The molecule has 0 spiro atoms. The highest BCUT2D eigenvalue weighted by Crippen LogP contribution is 2.30. The highest BCUT2D eigenvalue weighted by molar-refractivity contribution is 7.92. The number of fused-ring (bicyclic) bond motifs is 4. The van der Waals surface area contributed by atoms with E-state index in [9.17, 15) is 18.3 Å². The molecule has 1 aromatic heterocycles. The molecule has 4 rings (SSSR count). The van der Waals surface area contributed by atoms with Crippen LogP contribution in [0.5, 0.6) is 5.88 Å². The molecule has 10 heteroatoms. The van der Waals surface area contributed by atoms with Crippen molar-refractivity contribution >= 4 is 21.9 Å². The van der Waals surface area contributed by atoms with Crippen LogP contribution < -0.4 is 14.8 Å². The summed E-state index contributed by atoms with van der Waals surface area (Å²) in [6, 6.07) is 12.5. The lowest BCUT2D eigenvalue weighted by Gasteiger charge is -2.21. The summed E-state index contributed by atoms with van der Waals surface area (Å²) >= 11 is 0. The SMILES string of the molecule is Cc1cccc(CO)c1-c1cc2nc(n1)NS(=O)(=O)c1cccc(c1)C(=O)N[C@H](CC(C)C)CO2. The van der Waals surface area contributed by atoms with E-state index in [-0.39, 0.29) is 53.4 Å². The summed E-state index contributed by atoms with van der Waals surface area (Å²) in [6.07, 6.45) is 0.652. The van der Waals surface area contributed by atoms with Crippen molar-refractivity contribution in [2.24, 2.45) is 5.92 Å². The number of amides is 1. The van der Waals surface area contributed by atoms with Crippen molar-refractivity contribution in [1.82, 2.24) is 15.3 Å². The summed E-state index contributed by atoms with van der Waals surface area (Å²) < 4.78 is 34.6. The van der Waals surface area contributed by atoms with Crippen LogP contribution in [0.4, 0.5) is 5.95 Å². The molecule has 3 N–H and O–H groups in total. The minimum Gasteiger partial charge on any atom is -0.475 e. The summed E-state index contributed by atoms with van der Waals surface area (Å²) in [7, 11) is -4.10. The predicted molar refractivity (Wildman–Crippen MR) is 132 cm³/mol. The summed E-state index contributed by atoms with van der Waals surface area (Å²) in [4.78, 5) is 21.5. The summed E-state index contributed by atoms with van der Waals surface area (Å²) in [6.45, 7) is 5.88. The smallest absolute Gasteiger partial charge is 0.264 e. The zero-order valence-corrected chi connectivity index (χ0v) is 20.6. The normalized spacial score (nSPS) is 17.3. The summed E-state index contributed by atoms with van der Waals surface area (Å²) in [5.74, 6) is -0.132. The van der Waals surface area contributed by atoms with E-state index in [0.717, 1.165) is 5.56 Å². The highest BCUT2D eigenvalue weighted by Gasteiger charge is 2.23. The van der Waals surface area contributed by atoms with Gasteiger partial charge in [0.15, 0.2) is 0 Å².